The number of esters is 1. The summed E-state index contributed by atoms with van der Waals surface area (Å²) in [5.41, 5.74) is 4.29. The Morgan fingerprint density at radius 3 is 2.74 bits per heavy atom. The molecule has 0 spiro atoms. The van der Waals surface area contributed by atoms with Crippen molar-refractivity contribution in [3.63, 3.8) is 0 Å². The van der Waals surface area contributed by atoms with Gasteiger partial charge in [-0.15, -0.1) is 0 Å². The minimum atomic E-state index is -0.416. The zero-order valence-corrected chi connectivity index (χ0v) is 19.6. The Balaban J connectivity index is 1.41. The molecular formula is C27H27NO6. The van der Waals surface area contributed by atoms with Crippen LogP contribution in [-0.2, 0) is 24.7 Å². The average Bonchev–Trinajstić information content (AvgIpc) is 3.30. The number of fused-ring (bicyclic) bond motifs is 2. The highest BCUT2D eigenvalue weighted by Crippen LogP contribution is 2.40. The minimum Gasteiger partial charge on any atom is -0.493 e. The van der Waals surface area contributed by atoms with Crippen molar-refractivity contribution in [3.05, 3.63) is 80.8 Å². The van der Waals surface area contributed by atoms with E-state index < -0.39 is 5.92 Å². The van der Waals surface area contributed by atoms with Gasteiger partial charge >= 0.3 is 5.97 Å². The number of hydrogen-bond acceptors (Lipinski definition) is 6. The van der Waals surface area contributed by atoms with Crippen LogP contribution in [0.5, 0.6) is 23.0 Å². The number of carbonyl (C=O) groups is 1. The monoisotopic (exact) mass is 461 g/mol. The van der Waals surface area contributed by atoms with Crippen LogP contribution in [0.15, 0.2) is 47.3 Å². The summed E-state index contributed by atoms with van der Waals surface area (Å²) >= 11 is 0. The molecule has 7 nitrogen and oxygen atoms in total. The summed E-state index contributed by atoms with van der Waals surface area (Å²) in [4.78, 5) is 25.4. The van der Waals surface area contributed by atoms with E-state index in [1.54, 1.807) is 24.8 Å². The highest BCUT2D eigenvalue weighted by Gasteiger charge is 2.32. The van der Waals surface area contributed by atoms with Gasteiger partial charge in [0.25, 0.3) is 5.56 Å². The van der Waals surface area contributed by atoms with Gasteiger partial charge in [0.15, 0.2) is 11.5 Å². The van der Waals surface area contributed by atoms with E-state index in [2.05, 4.69) is 12.1 Å². The fourth-order valence-corrected chi connectivity index (χ4v) is 4.63. The molecule has 0 fully saturated rings. The maximum absolute atomic E-state index is 13.0. The number of benzene rings is 2. The number of aryl methyl sites for hydroxylation is 1. The van der Waals surface area contributed by atoms with Crippen LogP contribution in [0.2, 0.25) is 0 Å². The molecule has 7 heteroatoms. The van der Waals surface area contributed by atoms with E-state index in [1.165, 1.54) is 11.1 Å². The molecule has 0 amide bonds. The number of carbonyl (C=O) groups excluding carboxylic acids is 1. The Morgan fingerprint density at radius 1 is 1.06 bits per heavy atom. The Kier molecular flexibility index (Phi) is 5.77. The van der Waals surface area contributed by atoms with Crippen molar-refractivity contribution >= 4 is 5.97 Å². The first kappa shape index (κ1) is 22.1. The molecule has 2 aromatic carbocycles. The van der Waals surface area contributed by atoms with Crippen molar-refractivity contribution in [1.82, 2.24) is 4.57 Å². The predicted octanol–water partition coefficient (Wildman–Crippen LogP) is 3.70. The molecular weight excluding hydrogens is 434 g/mol. The Bertz CT molecular complexity index is 1330. The van der Waals surface area contributed by atoms with Crippen LogP contribution in [-0.4, -0.2) is 30.9 Å². The van der Waals surface area contributed by atoms with Crippen LogP contribution in [0.3, 0.4) is 0 Å². The van der Waals surface area contributed by atoms with Crippen molar-refractivity contribution in [2.45, 2.75) is 32.1 Å². The van der Waals surface area contributed by atoms with Crippen LogP contribution in [0.4, 0.5) is 0 Å². The van der Waals surface area contributed by atoms with Gasteiger partial charge in [-0.2, -0.15) is 0 Å². The van der Waals surface area contributed by atoms with E-state index in [1.807, 2.05) is 31.2 Å². The van der Waals surface area contributed by atoms with Crippen molar-refractivity contribution in [2.75, 3.05) is 20.3 Å². The van der Waals surface area contributed by atoms with Gasteiger partial charge in [0.2, 0.25) is 0 Å². The lowest BCUT2D eigenvalue weighted by Gasteiger charge is -2.26. The molecule has 0 N–H and O–H groups in total. The summed E-state index contributed by atoms with van der Waals surface area (Å²) in [7, 11) is 3.31. The number of ether oxygens (including phenoxy) is 4. The van der Waals surface area contributed by atoms with Crippen LogP contribution in [0, 0.1) is 6.92 Å². The van der Waals surface area contributed by atoms with Gasteiger partial charge in [0.1, 0.15) is 11.5 Å². The quantitative estimate of drug-likeness (QED) is 0.521. The second-order valence-corrected chi connectivity index (χ2v) is 8.71. The molecule has 0 aliphatic carbocycles. The average molecular weight is 462 g/mol. The predicted molar refractivity (Wildman–Crippen MR) is 126 cm³/mol. The van der Waals surface area contributed by atoms with Crippen molar-refractivity contribution in [2.24, 2.45) is 7.05 Å². The summed E-state index contributed by atoms with van der Waals surface area (Å²) in [5, 5.41) is 0. The van der Waals surface area contributed by atoms with E-state index >= 15 is 0 Å². The smallest absolute Gasteiger partial charge is 0.312 e. The number of methoxy groups -OCH3 is 1. The Labute approximate surface area is 197 Å². The van der Waals surface area contributed by atoms with Crippen molar-refractivity contribution in [3.8, 4) is 23.0 Å². The molecule has 1 unspecified atom stereocenters. The van der Waals surface area contributed by atoms with E-state index in [0.29, 0.717) is 29.4 Å². The molecule has 3 heterocycles. The highest BCUT2D eigenvalue weighted by molar-refractivity contribution is 5.77. The Morgan fingerprint density at radius 2 is 1.91 bits per heavy atom. The van der Waals surface area contributed by atoms with Crippen molar-refractivity contribution in [1.29, 1.82) is 0 Å². The minimum absolute atomic E-state index is 0.0915. The van der Waals surface area contributed by atoms with Gasteiger partial charge < -0.3 is 23.5 Å². The summed E-state index contributed by atoms with van der Waals surface area (Å²) in [6.45, 7) is 3.01. The fraction of sp³-hybridized carbons (Fsp3) is 0.333. The third kappa shape index (κ3) is 4.02. The lowest BCUT2D eigenvalue weighted by molar-refractivity contribution is -0.135. The van der Waals surface area contributed by atoms with E-state index in [0.717, 1.165) is 36.5 Å². The molecule has 2 aliphatic heterocycles. The molecule has 3 aromatic rings. The first-order valence-corrected chi connectivity index (χ1v) is 11.4. The zero-order valence-electron chi connectivity index (χ0n) is 19.6. The summed E-state index contributed by atoms with van der Waals surface area (Å²) in [5.74, 6) is 1.70. The fourth-order valence-electron chi connectivity index (χ4n) is 4.63. The number of rotatable bonds is 6. The third-order valence-electron chi connectivity index (χ3n) is 6.60. The number of nitrogens with zero attached hydrogens (tertiary/aromatic N) is 1. The summed E-state index contributed by atoms with van der Waals surface area (Å²) in [6.07, 6.45) is 1.76. The topological polar surface area (TPSA) is 76.0 Å². The van der Waals surface area contributed by atoms with Gasteiger partial charge in [-0.1, -0.05) is 18.2 Å². The lowest BCUT2D eigenvalue weighted by atomic mass is 9.86. The molecule has 1 atom stereocenters. The van der Waals surface area contributed by atoms with Crippen molar-refractivity contribution < 1.29 is 23.7 Å². The first-order valence-electron chi connectivity index (χ1n) is 11.4. The van der Waals surface area contributed by atoms with E-state index in [4.69, 9.17) is 18.9 Å². The van der Waals surface area contributed by atoms with Crippen LogP contribution in [0.1, 0.15) is 40.3 Å². The maximum atomic E-state index is 13.0. The number of pyridine rings is 1. The number of hydrogen-bond donors (Lipinski definition) is 0. The van der Waals surface area contributed by atoms with Gasteiger partial charge in [0.05, 0.1) is 32.3 Å². The lowest BCUT2D eigenvalue weighted by Crippen LogP contribution is -2.32. The molecule has 0 saturated heterocycles. The highest BCUT2D eigenvalue weighted by atomic mass is 16.5. The van der Waals surface area contributed by atoms with Crippen LogP contribution >= 0.6 is 0 Å². The SMILES string of the molecule is COc1ccc(C2CC(=O)Oc3cc(C)n(C)c(=O)c32)cc1OCCc1ccc2c(c1)CCO2. The summed E-state index contributed by atoms with van der Waals surface area (Å²) in [6, 6.07) is 13.5. The molecule has 0 radical (unpaired) electrons. The molecule has 5 rings (SSSR count). The van der Waals surface area contributed by atoms with E-state index in [-0.39, 0.29) is 17.9 Å². The maximum Gasteiger partial charge on any atom is 0.312 e. The van der Waals surface area contributed by atoms with Gasteiger partial charge in [-0.3, -0.25) is 9.59 Å². The van der Waals surface area contributed by atoms with Gasteiger partial charge in [-0.25, -0.2) is 0 Å². The zero-order chi connectivity index (χ0) is 23.8. The molecule has 0 bridgehead atoms. The van der Waals surface area contributed by atoms with Crippen LogP contribution in [0.25, 0.3) is 0 Å². The van der Waals surface area contributed by atoms with E-state index in [9.17, 15) is 9.59 Å². The second-order valence-electron chi connectivity index (χ2n) is 8.71. The third-order valence-corrected chi connectivity index (χ3v) is 6.60. The number of aromatic nitrogens is 1. The first-order chi connectivity index (χ1) is 16.4. The molecule has 34 heavy (non-hydrogen) atoms. The molecule has 2 aliphatic rings. The second kappa shape index (κ2) is 8.89. The standard InChI is InChI=1S/C27H27NO6/c1-16-12-24-26(27(30)28(16)2)20(15-25(29)34-24)18-5-7-22(31-3)23(14-18)33-10-8-17-4-6-21-19(13-17)9-11-32-21/h4-7,12-14,20H,8-11,15H2,1-3H3. The summed E-state index contributed by atoms with van der Waals surface area (Å²) < 4.78 is 24.2. The molecule has 1 aromatic heterocycles. The van der Waals surface area contributed by atoms with Gasteiger partial charge in [0, 0.05) is 37.6 Å². The largest absolute Gasteiger partial charge is 0.493 e. The van der Waals surface area contributed by atoms with Gasteiger partial charge in [-0.05, 0) is 41.8 Å². The molecule has 0 saturated carbocycles. The normalized spacial score (nSPS) is 16.3. The molecule has 176 valence electrons. The van der Waals surface area contributed by atoms with Crippen LogP contribution < -0.4 is 24.5 Å². The Hall–Kier alpha value is -3.74.